The first-order valence-electron chi connectivity index (χ1n) is 20.8. The standard InChI is InChI=1S/C47H56N2O10/c1-3-5-24-54-46(53)49(29-33-17-19-41-42(25-33)56-31-55-41)43-28-39(48-58-30-32-13-7-6-8-14-32)37-26-34(15-9-11-21-50)36(16-10-12-22-51)44-38-27-35(52)18-20-40(38)59-47(43,45(37)44)57-23-4-2/h3-4,6-8,13-14,17-20,25-27,34,36,43-45,50-52H,1-2,5,9-12,15-16,21-24,28-31H2. The summed E-state index contributed by atoms with van der Waals surface area (Å²) in [5.41, 5.74) is 4.12. The monoisotopic (exact) mass is 808 g/mol. The van der Waals surface area contributed by atoms with Gasteiger partial charge in [-0.05, 0) is 91.0 Å². The Morgan fingerprint density at radius 3 is 2.47 bits per heavy atom. The number of hydrogen-bond donors (Lipinski definition) is 3. The Hall–Kier alpha value is -5.30. The molecule has 314 valence electrons. The zero-order chi connectivity index (χ0) is 41.2. The van der Waals surface area contributed by atoms with E-state index < -0.39 is 23.8 Å². The molecule has 1 saturated carbocycles. The fourth-order valence-corrected chi connectivity index (χ4v) is 9.27. The van der Waals surface area contributed by atoms with Gasteiger partial charge >= 0.3 is 6.09 Å². The van der Waals surface area contributed by atoms with Crippen LogP contribution in [0.2, 0.25) is 0 Å². The van der Waals surface area contributed by atoms with Gasteiger partial charge in [0.2, 0.25) is 12.6 Å². The molecule has 12 heteroatoms. The number of carbonyl (C=O) groups excluding carboxylic acids is 1. The molecule has 6 atom stereocenters. The lowest BCUT2D eigenvalue weighted by atomic mass is 9.55. The molecule has 0 aromatic heterocycles. The Balaban J connectivity index is 1.43. The predicted molar refractivity (Wildman–Crippen MR) is 222 cm³/mol. The Morgan fingerprint density at radius 1 is 0.915 bits per heavy atom. The number of hydrogen-bond acceptors (Lipinski definition) is 11. The van der Waals surface area contributed by atoms with Crippen molar-refractivity contribution >= 4 is 11.8 Å². The fraction of sp³-hybridized carbons (Fsp3) is 0.447. The summed E-state index contributed by atoms with van der Waals surface area (Å²) in [4.78, 5) is 22.5. The number of phenols is 1. The van der Waals surface area contributed by atoms with Crippen molar-refractivity contribution in [2.24, 2.45) is 22.9 Å². The van der Waals surface area contributed by atoms with Gasteiger partial charge in [0.1, 0.15) is 24.1 Å². The van der Waals surface area contributed by atoms with Gasteiger partial charge in [-0.25, -0.2) is 4.79 Å². The average Bonchev–Trinajstić information content (AvgIpc) is 3.72. The number of oxime groups is 1. The fourth-order valence-electron chi connectivity index (χ4n) is 9.27. The van der Waals surface area contributed by atoms with Gasteiger partial charge in [-0.1, -0.05) is 72.6 Å². The zero-order valence-corrected chi connectivity index (χ0v) is 33.6. The number of phenolic OH excluding ortho intramolecular Hbond substituents is 1. The summed E-state index contributed by atoms with van der Waals surface area (Å²) in [6, 6.07) is 19.8. The van der Waals surface area contributed by atoms with E-state index in [4.69, 9.17) is 33.7 Å². The highest BCUT2D eigenvalue weighted by Gasteiger charge is 2.65. The molecule has 2 aliphatic carbocycles. The molecule has 3 N–H and O–H groups in total. The number of aliphatic hydroxyl groups is 2. The summed E-state index contributed by atoms with van der Waals surface area (Å²) < 4.78 is 31.6. The van der Waals surface area contributed by atoms with Crippen LogP contribution in [0.4, 0.5) is 4.79 Å². The van der Waals surface area contributed by atoms with Crippen LogP contribution in [-0.2, 0) is 27.5 Å². The summed E-state index contributed by atoms with van der Waals surface area (Å²) in [7, 11) is 0. The van der Waals surface area contributed by atoms with Crippen LogP contribution in [0.25, 0.3) is 0 Å². The van der Waals surface area contributed by atoms with Crippen LogP contribution >= 0.6 is 0 Å². The van der Waals surface area contributed by atoms with Crippen LogP contribution in [0.5, 0.6) is 23.0 Å². The van der Waals surface area contributed by atoms with Crippen LogP contribution < -0.4 is 14.2 Å². The smallest absolute Gasteiger partial charge is 0.410 e. The highest BCUT2D eigenvalue weighted by molar-refractivity contribution is 6.03. The highest BCUT2D eigenvalue weighted by atomic mass is 16.7. The first-order valence-corrected chi connectivity index (χ1v) is 20.8. The Bertz CT molecular complexity index is 1980. The number of aromatic hydroxyl groups is 1. The maximum absolute atomic E-state index is 14.6. The molecular weight excluding hydrogens is 753 g/mol. The quantitative estimate of drug-likeness (QED) is 0.0580. The maximum atomic E-state index is 14.6. The zero-order valence-electron chi connectivity index (χ0n) is 33.6. The van der Waals surface area contributed by atoms with Crippen LogP contribution in [0.1, 0.15) is 74.0 Å². The first-order chi connectivity index (χ1) is 28.9. The van der Waals surface area contributed by atoms with Crippen molar-refractivity contribution in [3.8, 4) is 23.0 Å². The minimum Gasteiger partial charge on any atom is -0.508 e. The van der Waals surface area contributed by atoms with E-state index in [-0.39, 0.29) is 76.3 Å². The molecule has 59 heavy (non-hydrogen) atoms. The van der Waals surface area contributed by atoms with Gasteiger partial charge in [-0.3, -0.25) is 4.90 Å². The molecule has 12 nitrogen and oxygen atoms in total. The molecule has 4 aliphatic rings. The lowest BCUT2D eigenvalue weighted by Crippen LogP contribution is -2.70. The predicted octanol–water partition coefficient (Wildman–Crippen LogP) is 8.17. The molecule has 0 radical (unpaired) electrons. The van der Waals surface area contributed by atoms with Crippen LogP contribution in [-0.4, -0.2) is 77.1 Å². The largest absolute Gasteiger partial charge is 0.508 e. The third-order valence-corrected chi connectivity index (χ3v) is 11.9. The van der Waals surface area contributed by atoms with Crippen molar-refractivity contribution in [3.05, 3.63) is 120 Å². The third kappa shape index (κ3) is 9.15. The van der Waals surface area contributed by atoms with Crippen LogP contribution in [0, 0.1) is 17.8 Å². The molecular formula is C47H56N2O10. The molecule has 3 aromatic carbocycles. The number of aliphatic hydroxyl groups excluding tert-OH is 2. The van der Waals surface area contributed by atoms with Crippen LogP contribution in [0.15, 0.2) is 109 Å². The molecule has 1 fully saturated rings. The van der Waals surface area contributed by atoms with Crippen molar-refractivity contribution < 1.29 is 48.6 Å². The summed E-state index contributed by atoms with van der Waals surface area (Å²) in [6.07, 6.45) is 10.2. The average molecular weight is 809 g/mol. The van der Waals surface area contributed by atoms with Crippen molar-refractivity contribution in [2.75, 3.05) is 33.2 Å². The van der Waals surface area contributed by atoms with Gasteiger partial charge < -0.3 is 43.8 Å². The van der Waals surface area contributed by atoms with E-state index in [1.807, 2.05) is 48.5 Å². The van der Waals surface area contributed by atoms with E-state index in [2.05, 4.69) is 19.2 Å². The van der Waals surface area contributed by atoms with Gasteiger partial charge in [0.05, 0.1) is 24.8 Å². The van der Waals surface area contributed by atoms with Crippen molar-refractivity contribution in [1.82, 2.24) is 4.90 Å². The molecule has 0 spiro atoms. The molecule has 3 aromatic rings. The Morgan fingerprint density at radius 2 is 1.69 bits per heavy atom. The second-order valence-electron chi connectivity index (χ2n) is 15.6. The number of amides is 1. The van der Waals surface area contributed by atoms with Crippen molar-refractivity contribution in [1.29, 1.82) is 0 Å². The topological polar surface area (TPSA) is 149 Å². The van der Waals surface area contributed by atoms with Crippen molar-refractivity contribution in [2.45, 2.75) is 82.3 Å². The number of nitrogens with zero attached hydrogens (tertiary/aromatic N) is 2. The maximum Gasteiger partial charge on any atom is 0.410 e. The molecule has 1 amide bonds. The van der Waals surface area contributed by atoms with E-state index in [0.29, 0.717) is 42.2 Å². The molecule has 0 saturated heterocycles. The summed E-state index contributed by atoms with van der Waals surface area (Å²) in [5, 5.41) is 35.6. The molecule has 2 aliphatic heterocycles. The minimum absolute atomic E-state index is 0.0113. The van der Waals surface area contributed by atoms with E-state index >= 15 is 0 Å². The second-order valence-corrected chi connectivity index (χ2v) is 15.6. The van der Waals surface area contributed by atoms with E-state index in [9.17, 15) is 20.1 Å². The number of benzene rings is 3. The van der Waals surface area contributed by atoms with Crippen LogP contribution in [0.3, 0.4) is 0 Å². The van der Waals surface area contributed by atoms with Gasteiger partial charge in [0.25, 0.3) is 0 Å². The third-order valence-electron chi connectivity index (χ3n) is 11.9. The molecule has 7 rings (SSSR count). The van der Waals surface area contributed by atoms with Gasteiger partial charge in [0, 0.05) is 37.7 Å². The number of fused-ring (bicyclic) bond motifs is 3. The number of rotatable bonds is 20. The molecule has 6 unspecified atom stereocenters. The number of carbonyl (C=O) groups is 1. The molecule has 2 heterocycles. The van der Waals surface area contributed by atoms with E-state index in [1.165, 1.54) is 0 Å². The van der Waals surface area contributed by atoms with Gasteiger partial charge in [-0.2, -0.15) is 0 Å². The summed E-state index contributed by atoms with van der Waals surface area (Å²) >= 11 is 0. The van der Waals surface area contributed by atoms with E-state index in [0.717, 1.165) is 47.9 Å². The number of ether oxygens (including phenoxy) is 5. The number of unbranched alkanes of at least 4 members (excludes halogenated alkanes) is 2. The SMILES string of the molecule is C=CCCOC(=O)N(Cc1ccc2c(c1)OCO2)C1CC(=NOCc2ccccc2)C2=CC(CCCCO)C(CCCCO)C3c4cc(O)ccc4OC1(OCC=C)C23. The van der Waals surface area contributed by atoms with E-state index in [1.54, 1.807) is 35.3 Å². The minimum atomic E-state index is -1.49. The lowest BCUT2D eigenvalue weighted by Gasteiger charge is -2.59. The summed E-state index contributed by atoms with van der Waals surface area (Å²) in [6.45, 7) is 8.67. The summed E-state index contributed by atoms with van der Waals surface area (Å²) in [5.74, 6) is -0.393. The first kappa shape index (κ1) is 41.8. The van der Waals surface area contributed by atoms with Gasteiger partial charge in [0.15, 0.2) is 11.5 Å². The van der Waals surface area contributed by atoms with Crippen molar-refractivity contribution in [3.63, 3.8) is 0 Å². The number of allylic oxidation sites excluding steroid dienone is 1. The Labute approximate surface area is 346 Å². The second kappa shape index (κ2) is 19.6. The normalized spacial score (nSPS) is 24.3. The lowest BCUT2D eigenvalue weighted by molar-refractivity contribution is -0.256. The Kier molecular flexibility index (Phi) is 13.9. The van der Waals surface area contributed by atoms with Gasteiger partial charge in [-0.15, -0.1) is 13.2 Å². The molecule has 0 bridgehead atoms. The highest BCUT2D eigenvalue weighted by Crippen LogP contribution is 2.62.